The van der Waals surface area contributed by atoms with E-state index in [9.17, 15) is 19.3 Å². The summed E-state index contributed by atoms with van der Waals surface area (Å²) in [4.78, 5) is 22.1. The molecule has 0 aliphatic heterocycles. The molecule has 0 saturated carbocycles. The van der Waals surface area contributed by atoms with Gasteiger partial charge in [-0.25, -0.2) is 4.39 Å². The van der Waals surface area contributed by atoms with Crippen molar-refractivity contribution >= 4 is 17.3 Å². The monoisotopic (exact) mass is 283 g/mol. The molecule has 0 fully saturated rings. The zero-order valence-corrected chi connectivity index (χ0v) is 11.7. The molecule has 0 aliphatic rings. The molecule has 20 heavy (non-hydrogen) atoms. The number of carbonyl (C=O) groups excluding carboxylic acids is 1. The van der Waals surface area contributed by atoms with Crippen molar-refractivity contribution in [1.29, 1.82) is 0 Å². The van der Waals surface area contributed by atoms with Gasteiger partial charge in [0.25, 0.3) is 11.6 Å². The zero-order valence-electron chi connectivity index (χ0n) is 11.7. The number of benzene rings is 1. The van der Waals surface area contributed by atoms with Crippen molar-refractivity contribution in [2.45, 2.75) is 20.3 Å². The molecule has 0 aliphatic carbocycles. The van der Waals surface area contributed by atoms with Crippen molar-refractivity contribution in [2.75, 3.05) is 18.9 Å². The van der Waals surface area contributed by atoms with Crippen LogP contribution in [0, 0.1) is 21.8 Å². The van der Waals surface area contributed by atoms with Gasteiger partial charge in [0.1, 0.15) is 5.56 Å². The summed E-state index contributed by atoms with van der Waals surface area (Å²) in [7, 11) is 1.48. The Morgan fingerprint density at radius 2 is 2.10 bits per heavy atom. The summed E-state index contributed by atoms with van der Waals surface area (Å²) in [6, 6.07) is 1.90. The summed E-state index contributed by atoms with van der Waals surface area (Å²) in [6.07, 6.45) is 0.764. The van der Waals surface area contributed by atoms with E-state index in [1.807, 2.05) is 13.8 Å². The van der Waals surface area contributed by atoms with E-state index in [0.717, 1.165) is 18.6 Å². The van der Waals surface area contributed by atoms with Crippen LogP contribution in [0.5, 0.6) is 0 Å². The first-order chi connectivity index (χ1) is 9.36. The quantitative estimate of drug-likeness (QED) is 0.620. The van der Waals surface area contributed by atoms with E-state index in [1.165, 1.54) is 7.05 Å². The van der Waals surface area contributed by atoms with Crippen molar-refractivity contribution < 1.29 is 14.1 Å². The lowest BCUT2D eigenvalue weighted by Crippen LogP contribution is -2.26. The van der Waals surface area contributed by atoms with Gasteiger partial charge in [-0.15, -0.1) is 0 Å². The summed E-state index contributed by atoms with van der Waals surface area (Å²) >= 11 is 0. The number of rotatable bonds is 6. The normalized spacial score (nSPS) is 10.4. The Labute approximate surface area is 116 Å². The molecule has 0 bridgehead atoms. The fourth-order valence-electron chi connectivity index (χ4n) is 1.66. The molecule has 7 heteroatoms. The molecular weight excluding hydrogens is 265 g/mol. The molecule has 1 amide bonds. The molecule has 2 N–H and O–H groups in total. The van der Waals surface area contributed by atoms with Gasteiger partial charge in [0.2, 0.25) is 0 Å². The zero-order chi connectivity index (χ0) is 15.3. The van der Waals surface area contributed by atoms with Gasteiger partial charge in [0.15, 0.2) is 5.82 Å². The highest BCUT2D eigenvalue weighted by molar-refractivity contribution is 5.99. The lowest BCUT2D eigenvalue weighted by atomic mass is 10.1. The van der Waals surface area contributed by atoms with Crippen LogP contribution in [-0.4, -0.2) is 24.4 Å². The second-order valence-electron chi connectivity index (χ2n) is 4.79. The van der Waals surface area contributed by atoms with Crippen LogP contribution in [0.4, 0.5) is 15.8 Å². The lowest BCUT2D eigenvalue weighted by molar-refractivity contribution is -0.385. The maximum absolute atomic E-state index is 13.5. The van der Waals surface area contributed by atoms with Crippen LogP contribution in [0.15, 0.2) is 12.1 Å². The van der Waals surface area contributed by atoms with Gasteiger partial charge in [-0.3, -0.25) is 14.9 Å². The summed E-state index contributed by atoms with van der Waals surface area (Å²) in [5.74, 6) is -0.932. The Kier molecular flexibility index (Phi) is 5.42. The molecule has 0 heterocycles. The number of amides is 1. The predicted octanol–water partition coefficient (Wildman–Crippen LogP) is 2.55. The predicted molar refractivity (Wildman–Crippen MR) is 74.4 cm³/mol. The topological polar surface area (TPSA) is 84.3 Å². The number of nitro benzene ring substituents is 1. The van der Waals surface area contributed by atoms with Gasteiger partial charge < -0.3 is 10.6 Å². The van der Waals surface area contributed by atoms with E-state index in [-0.39, 0.29) is 11.3 Å². The number of nitrogens with one attached hydrogen (secondary N) is 2. The third kappa shape index (κ3) is 3.91. The van der Waals surface area contributed by atoms with Crippen LogP contribution in [0.2, 0.25) is 0 Å². The van der Waals surface area contributed by atoms with Crippen molar-refractivity contribution in [2.24, 2.45) is 5.92 Å². The minimum Gasteiger partial charge on any atom is -0.386 e. The SMILES string of the molecule is CNc1cc(C(=O)NCCC(C)C)c([N+](=O)[O-])cc1F. The molecule has 0 saturated heterocycles. The van der Waals surface area contributed by atoms with Crippen molar-refractivity contribution in [3.63, 3.8) is 0 Å². The summed E-state index contributed by atoms with van der Waals surface area (Å²) in [5, 5.41) is 16.1. The Bertz CT molecular complexity index is 518. The number of hydrogen-bond acceptors (Lipinski definition) is 4. The second kappa shape index (κ2) is 6.83. The lowest BCUT2D eigenvalue weighted by Gasteiger charge is -2.09. The third-order valence-electron chi connectivity index (χ3n) is 2.80. The second-order valence-corrected chi connectivity index (χ2v) is 4.79. The van der Waals surface area contributed by atoms with Gasteiger partial charge in [-0.05, 0) is 18.4 Å². The highest BCUT2D eigenvalue weighted by Gasteiger charge is 2.23. The van der Waals surface area contributed by atoms with Crippen LogP contribution in [0.25, 0.3) is 0 Å². The number of halogens is 1. The molecule has 0 atom stereocenters. The smallest absolute Gasteiger partial charge is 0.285 e. The highest BCUT2D eigenvalue weighted by Crippen LogP contribution is 2.25. The number of carbonyl (C=O) groups is 1. The average molecular weight is 283 g/mol. The van der Waals surface area contributed by atoms with E-state index >= 15 is 0 Å². The first-order valence-electron chi connectivity index (χ1n) is 6.30. The van der Waals surface area contributed by atoms with E-state index in [1.54, 1.807) is 0 Å². The largest absolute Gasteiger partial charge is 0.386 e. The summed E-state index contributed by atoms with van der Waals surface area (Å²) in [5.41, 5.74) is -0.641. The number of anilines is 1. The minimum atomic E-state index is -0.766. The van der Waals surface area contributed by atoms with Crippen LogP contribution in [0.1, 0.15) is 30.6 Å². The first kappa shape index (κ1) is 15.9. The average Bonchev–Trinajstić information content (AvgIpc) is 2.37. The minimum absolute atomic E-state index is 0.0459. The Morgan fingerprint density at radius 3 is 2.60 bits per heavy atom. The van der Waals surface area contributed by atoms with Gasteiger partial charge in [0, 0.05) is 13.6 Å². The molecule has 1 aromatic rings. The van der Waals surface area contributed by atoms with Crippen LogP contribution in [-0.2, 0) is 0 Å². The third-order valence-corrected chi connectivity index (χ3v) is 2.80. The van der Waals surface area contributed by atoms with Crippen LogP contribution in [0.3, 0.4) is 0 Å². The van der Waals surface area contributed by atoms with E-state index in [4.69, 9.17) is 0 Å². The van der Waals surface area contributed by atoms with E-state index in [0.29, 0.717) is 12.5 Å². The van der Waals surface area contributed by atoms with Crippen molar-refractivity contribution in [1.82, 2.24) is 5.32 Å². The fraction of sp³-hybridized carbons (Fsp3) is 0.462. The standard InChI is InChI=1S/C13H18FN3O3/c1-8(2)4-5-16-13(18)9-6-11(15-3)10(14)7-12(9)17(19)20/h6-8,15H,4-5H2,1-3H3,(H,16,18). The van der Waals surface area contributed by atoms with Crippen molar-refractivity contribution in [3.8, 4) is 0 Å². The molecule has 1 rings (SSSR count). The molecule has 0 unspecified atom stereocenters. The summed E-state index contributed by atoms with van der Waals surface area (Å²) in [6.45, 7) is 4.43. The van der Waals surface area contributed by atoms with Crippen LogP contribution < -0.4 is 10.6 Å². The molecule has 1 aromatic carbocycles. The Balaban J connectivity index is 3.02. The number of nitro groups is 1. The Morgan fingerprint density at radius 1 is 1.45 bits per heavy atom. The van der Waals surface area contributed by atoms with Crippen molar-refractivity contribution in [3.05, 3.63) is 33.6 Å². The molecule has 0 radical (unpaired) electrons. The molecule has 6 nitrogen and oxygen atoms in total. The van der Waals surface area contributed by atoms with Gasteiger partial charge >= 0.3 is 0 Å². The highest BCUT2D eigenvalue weighted by atomic mass is 19.1. The van der Waals surface area contributed by atoms with E-state index < -0.39 is 22.3 Å². The molecular formula is C13H18FN3O3. The van der Waals surface area contributed by atoms with Gasteiger partial charge in [0.05, 0.1) is 16.7 Å². The van der Waals surface area contributed by atoms with E-state index in [2.05, 4.69) is 10.6 Å². The maximum atomic E-state index is 13.5. The Hall–Kier alpha value is -2.18. The molecule has 110 valence electrons. The first-order valence-corrected chi connectivity index (χ1v) is 6.30. The molecule has 0 spiro atoms. The number of nitrogens with zero attached hydrogens (tertiary/aromatic N) is 1. The van der Waals surface area contributed by atoms with Gasteiger partial charge in [-0.2, -0.15) is 0 Å². The molecule has 0 aromatic heterocycles. The number of hydrogen-bond donors (Lipinski definition) is 2. The summed E-state index contributed by atoms with van der Waals surface area (Å²) < 4.78 is 13.5. The maximum Gasteiger partial charge on any atom is 0.285 e. The fourth-order valence-corrected chi connectivity index (χ4v) is 1.66. The van der Waals surface area contributed by atoms with Gasteiger partial charge in [-0.1, -0.05) is 13.8 Å². The van der Waals surface area contributed by atoms with Crippen LogP contribution >= 0.6 is 0 Å².